The predicted octanol–water partition coefficient (Wildman–Crippen LogP) is 2.94. The number of benzene rings is 1. The summed E-state index contributed by atoms with van der Waals surface area (Å²) in [5.74, 6) is 0.439. The largest absolute Gasteiger partial charge is 0.416 e. The molecule has 29 heavy (non-hydrogen) atoms. The van der Waals surface area contributed by atoms with Gasteiger partial charge in [-0.1, -0.05) is 12.1 Å². The number of hydrogen-bond acceptors (Lipinski definition) is 3. The number of nitrogens with one attached hydrogen (secondary N) is 2. The number of alkyl halides is 3. The smallest absolute Gasteiger partial charge is 0.370 e. The molecule has 0 aromatic heterocycles. The zero-order valence-corrected chi connectivity index (χ0v) is 18.5. The van der Waals surface area contributed by atoms with Crippen molar-refractivity contribution in [2.24, 2.45) is 4.99 Å². The van der Waals surface area contributed by atoms with Crippen LogP contribution < -0.4 is 10.6 Å². The first-order chi connectivity index (χ1) is 13.4. The fourth-order valence-electron chi connectivity index (χ4n) is 3.03. The zero-order valence-electron chi connectivity index (χ0n) is 16.2. The Morgan fingerprint density at radius 3 is 2.76 bits per heavy atom. The molecule has 1 aromatic carbocycles. The van der Waals surface area contributed by atoms with E-state index >= 15 is 0 Å². The normalized spacial score (nSPS) is 20.1. The number of halogens is 4. The van der Waals surface area contributed by atoms with Gasteiger partial charge in [0.25, 0.3) is 0 Å². The van der Waals surface area contributed by atoms with Gasteiger partial charge in [-0.15, -0.1) is 24.0 Å². The molecular weight excluding hydrogens is 500 g/mol. The molecule has 1 heterocycles. The van der Waals surface area contributed by atoms with Crippen molar-refractivity contribution in [1.29, 1.82) is 0 Å². The second-order valence-corrected chi connectivity index (χ2v) is 6.94. The molecule has 0 spiro atoms. The van der Waals surface area contributed by atoms with Crippen molar-refractivity contribution < 1.29 is 22.7 Å². The number of morpholine rings is 1. The first-order valence-electron chi connectivity index (χ1n) is 9.48. The number of ether oxygens (including phenoxy) is 1. The van der Waals surface area contributed by atoms with Crippen LogP contribution in [0.1, 0.15) is 37.0 Å². The summed E-state index contributed by atoms with van der Waals surface area (Å²) in [6, 6.07) is 5.48. The maximum absolute atomic E-state index is 13.0. The Bertz CT molecular complexity index is 726. The Kier molecular flexibility index (Phi) is 8.56. The van der Waals surface area contributed by atoms with E-state index in [-0.39, 0.29) is 42.5 Å². The minimum absolute atomic E-state index is 0. The highest BCUT2D eigenvalue weighted by Crippen LogP contribution is 2.32. The lowest BCUT2D eigenvalue weighted by Gasteiger charge is -2.35. The van der Waals surface area contributed by atoms with Gasteiger partial charge in [-0.05, 0) is 37.5 Å². The van der Waals surface area contributed by atoms with Gasteiger partial charge in [-0.25, -0.2) is 4.99 Å². The highest BCUT2D eigenvalue weighted by molar-refractivity contribution is 14.0. The summed E-state index contributed by atoms with van der Waals surface area (Å²) in [7, 11) is 0. The summed E-state index contributed by atoms with van der Waals surface area (Å²) in [5.41, 5.74) is -0.218. The molecule has 1 saturated carbocycles. The summed E-state index contributed by atoms with van der Waals surface area (Å²) in [6.07, 6.45) is -2.87. The minimum atomic E-state index is -4.39. The number of rotatable bonds is 5. The summed E-state index contributed by atoms with van der Waals surface area (Å²) in [4.78, 5) is 18.2. The van der Waals surface area contributed by atoms with Crippen LogP contribution in [0.5, 0.6) is 0 Å². The molecule has 1 aromatic rings. The van der Waals surface area contributed by atoms with E-state index in [2.05, 4.69) is 15.6 Å². The first-order valence-corrected chi connectivity index (χ1v) is 9.48. The van der Waals surface area contributed by atoms with Crippen LogP contribution in [0.2, 0.25) is 0 Å². The second-order valence-electron chi connectivity index (χ2n) is 6.94. The molecule has 1 aliphatic heterocycles. The summed E-state index contributed by atoms with van der Waals surface area (Å²) < 4.78 is 44.7. The van der Waals surface area contributed by atoms with Gasteiger partial charge in [0.05, 0.1) is 18.7 Å². The van der Waals surface area contributed by atoms with E-state index in [4.69, 9.17) is 4.74 Å². The first kappa shape index (κ1) is 23.7. The lowest BCUT2D eigenvalue weighted by atomic mass is 10.0. The number of hydrogen-bond donors (Lipinski definition) is 2. The zero-order chi connectivity index (χ0) is 20.1. The van der Waals surface area contributed by atoms with Crippen LogP contribution in [0.4, 0.5) is 13.2 Å². The highest BCUT2D eigenvalue weighted by Gasteiger charge is 2.32. The van der Waals surface area contributed by atoms with Gasteiger partial charge >= 0.3 is 6.18 Å². The maximum Gasteiger partial charge on any atom is 0.416 e. The number of carbonyl (C=O) groups is 1. The van der Waals surface area contributed by atoms with Gasteiger partial charge in [0.15, 0.2) is 5.96 Å². The monoisotopic (exact) mass is 526 g/mol. The quantitative estimate of drug-likeness (QED) is 0.352. The van der Waals surface area contributed by atoms with Crippen molar-refractivity contribution in [1.82, 2.24) is 15.5 Å². The lowest BCUT2D eigenvalue weighted by molar-refractivity contribution is -0.137. The molecule has 1 aliphatic carbocycles. The van der Waals surface area contributed by atoms with Crippen molar-refractivity contribution in [3.63, 3.8) is 0 Å². The summed E-state index contributed by atoms with van der Waals surface area (Å²) in [5, 5.41) is 6.03. The van der Waals surface area contributed by atoms with Gasteiger partial charge in [0.2, 0.25) is 5.91 Å². The topological polar surface area (TPSA) is 66.0 Å². The van der Waals surface area contributed by atoms with Crippen molar-refractivity contribution in [3.05, 3.63) is 35.4 Å². The number of nitrogens with zero attached hydrogens (tertiary/aromatic N) is 2. The molecule has 2 N–H and O–H groups in total. The standard InChI is InChI=1S/C19H25F3N4O2.HI/c1-2-23-18(24-11-17(27)25-15-6-7-15)26-8-9-28-16(12-26)13-4-3-5-14(10-13)19(20,21)22;/h3-5,10,15-16H,2,6-9,11-12H2,1H3,(H,23,24)(H,25,27);1H. The fourth-order valence-corrected chi connectivity index (χ4v) is 3.03. The Hall–Kier alpha value is -1.56. The number of carbonyl (C=O) groups excluding carboxylic acids is 1. The fraction of sp³-hybridized carbons (Fsp3) is 0.579. The molecule has 0 bridgehead atoms. The summed E-state index contributed by atoms with van der Waals surface area (Å²) >= 11 is 0. The Morgan fingerprint density at radius 1 is 1.34 bits per heavy atom. The Morgan fingerprint density at radius 2 is 2.10 bits per heavy atom. The molecule has 0 radical (unpaired) electrons. The van der Waals surface area contributed by atoms with E-state index in [1.54, 1.807) is 6.07 Å². The lowest BCUT2D eigenvalue weighted by Crippen LogP contribution is -2.48. The van der Waals surface area contributed by atoms with Crippen LogP contribution in [-0.4, -0.2) is 55.6 Å². The average molecular weight is 526 g/mol. The molecule has 1 atom stereocenters. The van der Waals surface area contributed by atoms with E-state index in [0.29, 0.717) is 37.8 Å². The second kappa shape index (κ2) is 10.5. The van der Waals surface area contributed by atoms with E-state index in [0.717, 1.165) is 25.0 Å². The van der Waals surface area contributed by atoms with Gasteiger partial charge in [0, 0.05) is 19.1 Å². The van der Waals surface area contributed by atoms with E-state index in [1.165, 1.54) is 6.07 Å². The third-order valence-corrected chi connectivity index (χ3v) is 4.60. The maximum atomic E-state index is 13.0. The number of amides is 1. The number of aliphatic imine (C=N–C) groups is 1. The predicted molar refractivity (Wildman–Crippen MR) is 114 cm³/mol. The minimum Gasteiger partial charge on any atom is -0.370 e. The third kappa shape index (κ3) is 7.02. The Labute approximate surface area is 185 Å². The molecular formula is C19H26F3IN4O2. The third-order valence-electron chi connectivity index (χ3n) is 4.60. The molecule has 2 aliphatic rings. The van der Waals surface area contributed by atoms with Crippen LogP contribution in [0.15, 0.2) is 29.3 Å². The van der Waals surface area contributed by atoms with E-state index < -0.39 is 17.8 Å². The molecule has 1 saturated heterocycles. The summed E-state index contributed by atoms with van der Waals surface area (Å²) in [6.45, 7) is 3.83. The van der Waals surface area contributed by atoms with Gasteiger partial charge < -0.3 is 20.3 Å². The van der Waals surface area contributed by atoms with Gasteiger partial charge in [-0.2, -0.15) is 13.2 Å². The SMILES string of the molecule is CCNC(=NCC(=O)NC1CC1)N1CCOC(c2cccc(C(F)(F)F)c2)C1.I. The van der Waals surface area contributed by atoms with Crippen molar-refractivity contribution in [2.45, 2.75) is 38.1 Å². The number of guanidine groups is 1. The molecule has 6 nitrogen and oxygen atoms in total. The van der Waals surface area contributed by atoms with Crippen LogP contribution in [0.3, 0.4) is 0 Å². The van der Waals surface area contributed by atoms with Crippen LogP contribution >= 0.6 is 24.0 Å². The van der Waals surface area contributed by atoms with Crippen LogP contribution in [0.25, 0.3) is 0 Å². The van der Waals surface area contributed by atoms with Crippen molar-refractivity contribution in [3.8, 4) is 0 Å². The molecule has 1 unspecified atom stereocenters. The molecule has 162 valence electrons. The van der Waals surface area contributed by atoms with Gasteiger partial charge in [-0.3, -0.25) is 4.79 Å². The van der Waals surface area contributed by atoms with Crippen LogP contribution in [-0.2, 0) is 15.7 Å². The molecule has 10 heteroatoms. The Balaban J connectivity index is 0.00000300. The molecule has 2 fully saturated rings. The van der Waals surface area contributed by atoms with Crippen LogP contribution in [0, 0.1) is 0 Å². The average Bonchev–Trinajstić information content (AvgIpc) is 3.48. The van der Waals surface area contributed by atoms with Gasteiger partial charge in [0.1, 0.15) is 12.6 Å². The van der Waals surface area contributed by atoms with E-state index in [1.807, 2.05) is 11.8 Å². The van der Waals surface area contributed by atoms with Crippen molar-refractivity contribution in [2.75, 3.05) is 32.8 Å². The molecule has 3 rings (SSSR count). The van der Waals surface area contributed by atoms with Crippen molar-refractivity contribution >= 4 is 35.8 Å². The molecule has 1 amide bonds. The van der Waals surface area contributed by atoms with E-state index in [9.17, 15) is 18.0 Å². The highest BCUT2D eigenvalue weighted by atomic mass is 127.